The first-order chi connectivity index (χ1) is 11.2. The van der Waals surface area contributed by atoms with Crippen LogP contribution in [0.25, 0.3) is 0 Å². The standard InChI is InChI=1S/C20H28N2O.ClH/c1-2-17-7-6-8-18(15-17)19(16-22-13-11-21-12-14-22)20(23)9-4-3-5-10-20;/h1,6-8,15,19,21,23H,3-5,9-14,16H2;1H. The van der Waals surface area contributed by atoms with Gasteiger partial charge in [0.1, 0.15) is 0 Å². The molecule has 132 valence electrons. The van der Waals surface area contributed by atoms with Gasteiger partial charge in [-0.05, 0) is 30.5 Å². The molecule has 0 spiro atoms. The van der Waals surface area contributed by atoms with Gasteiger partial charge in [-0.25, -0.2) is 0 Å². The van der Waals surface area contributed by atoms with Crippen molar-refractivity contribution in [3.05, 3.63) is 35.4 Å². The summed E-state index contributed by atoms with van der Waals surface area (Å²) in [6.07, 6.45) is 10.9. The number of nitrogens with zero attached hydrogens (tertiary/aromatic N) is 1. The minimum atomic E-state index is -0.587. The third-order valence-electron chi connectivity index (χ3n) is 5.47. The zero-order valence-electron chi connectivity index (χ0n) is 14.3. The Kier molecular flexibility index (Phi) is 7.13. The molecule has 1 aliphatic heterocycles. The monoisotopic (exact) mass is 348 g/mol. The number of hydrogen-bond donors (Lipinski definition) is 2. The number of aliphatic hydroxyl groups is 1. The second-order valence-electron chi connectivity index (χ2n) is 7.04. The molecular weight excluding hydrogens is 320 g/mol. The highest BCUT2D eigenvalue weighted by Crippen LogP contribution is 2.40. The van der Waals surface area contributed by atoms with Crippen LogP contribution in [-0.4, -0.2) is 48.3 Å². The molecule has 0 bridgehead atoms. The number of piperazine rings is 1. The van der Waals surface area contributed by atoms with Crippen LogP contribution in [0.2, 0.25) is 0 Å². The van der Waals surface area contributed by atoms with E-state index in [1.54, 1.807) is 0 Å². The third-order valence-corrected chi connectivity index (χ3v) is 5.47. The quantitative estimate of drug-likeness (QED) is 0.821. The molecule has 1 aromatic carbocycles. The minimum absolute atomic E-state index is 0. The van der Waals surface area contributed by atoms with Crippen LogP contribution < -0.4 is 5.32 Å². The number of benzene rings is 1. The van der Waals surface area contributed by atoms with Crippen LogP contribution in [0.15, 0.2) is 24.3 Å². The second-order valence-corrected chi connectivity index (χ2v) is 7.04. The smallest absolute Gasteiger partial charge is 0.0728 e. The van der Waals surface area contributed by atoms with Crippen molar-refractivity contribution >= 4 is 12.4 Å². The molecular formula is C20H29ClN2O. The van der Waals surface area contributed by atoms with Gasteiger partial charge in [0, 0.05) is 44.2 Å². The summed E-state index contributed by atoms with van der Waals surface area (Å²) < 4.78 is 0. The van der Waals surface area contributed by atoms with E-state index >= 15 is 0 Å². The van der Waals surface area contributed by atoms with Gasteiger partial charge in [-0.3, -0.25) is 0 Å². The van der Waals surface area contributed by atoms with E-state index in [0.717, 1.165) is 64.0 Å². The van der Waals surface area contributed by atoms with Gasteiger partial charge in [0.25, 0.3) is 0 Å². The number of terminal acetylenes is 1. The summed E-state index contributed by atoms with van der Waals surface area (Å²) in [5, 5.41) is 14.8. The number of halogens is 1. The van der Waals surface area contributed by atoms with E-state index in [2.05, 4.69) is 28.3 Å². The molecule has 2 fully saturated rings. The molecule has 3 nitrogen and oxygen atoms in total. The molecule has 2 aliphatic rings. The van der Waals surface area contributed by atoms with Gasteiger partial charge >= 0.3 is 0 Å². The zero-order chi connectivity index (χ0) is 16.1. The van der Waals surface area contributed by atoms with Gasteiger partial charge in [0.15, 0.2) is 0 Å². The van der Waals surface area contributed by atoms with Crippen LogP contribution in [0.4, 0.5) is 0 Å². The summed E-state index contributed by atoms with van der Waals surface area (Å²) in [6, 6.07) is 8.23. The van der Waals surface area contributed by atoms with Crippen molar-refractivity contribution in [1.29, 1.82) is 0 Å². The van der Waals surface area contributed by atoms with Crippen molar-refractivity contribution in [2.24, 2.45) is 0 Å². The van der Waals surface area contributed by atoms with Gasteiger partial charge in [-0.1, -0.05) is 37.3 Å². The van der Waals surface area contributed by atoms with E-state index in [1.165, 1.54) is 12.0 Å². The SMILES string of the molecule is C#Cc1cccc(C(CN2CCNCC2)C2(O)CCCCC2)c1.Cl. The van der Waals surface area contributed by atoms with E-state index in [9.17, 15) is 5.11 Å². The third kappa shape index (κ3) is 4.52. The van der Waals surface area contributed by atoms with Crippen LogP contribution in [0, 0.1) is 12.3 Å². The molecule has 1 saturated heterocycles. The second kappa shape index (κ2) is 8.87. The van der Waals surface area contributed by atoms with Crippen molar-refractivity contribution in [2.75, 3.05) is 32.7 Å². The predicted molar refractivity (Wildman–Crippen MR) is 102 cm³/mol. The maximum Gasteiger partial charge on any atom is 0.0728 e. The van der Waals surface area contributed by atoms with Crippen molar-refractivity contribution in [2.45, 2.75) is 43.6 Å². The number of rotatable bonds is 4. The lowest BCUT2D eigenvalue weighted by molar-refractivity contribution is -0.0316. The molecule has 24 heavy (non-hydrogen) atoms. The normalized spacial score (nSPS) is 22.2. The van der Waals surface area contributed by atoms with Crippen molar-refractivity contribution in [3.63, 3.8) is 0 Å². The van der Waals surface area contributed by atoms with Crippen LogP contribution in [0.1, 0.15) is 49.1 Å². The van der Waals surface area contributed by atoms with E-state index < -0.39 is 5.60 Å². The first-order valence-electron chi connectivity index (χ1n) is 8.93. The highest BCUT2D eigenvalue weighted by atomic mass is 35.5. The molecule has 1 unspecified atom stereocenters. The Morgan fingerprint density at radius 1 is 1.21 bits per heavy atom. The average Bonchev–Trinajstić information content (AvgIpc) is 2.61. The van der Waals surface area contributed by atoms with E-state index in [-0.39, 0.29) is 18.3 Å². The Morgan fingerprint density at radius 3 is 2.58 bits per heavy atom. The summed E-state index contributed by atoms with van der Waals surface area (Å²) in [7, 11) is 0. The maximum atomic E-state index is 11.4. The summed E-state index contributed by atoms with van der Waals surface area (Å²) >= 11 is 0. The van der Waals surface area contributed by atoms with Crippen LogP contribution in [-0.2, 0) is 0 Å². The highest BCUT2D eigenvalue weighted by molar-refractivity contribution is 5.85. The van der Waals surface area contributed by atoms with E-state index in [4.69, 9.17) is 6.42 Å². The van der Waals surface area contributed by atoms with Crippen molar-refractivity contribution in [1.82, 2.24) is 10.2 Å². The molecule has 4 heteroatoms. The maximum absolute atomic E-state index is 11.4. The van der Waals surface area contributed by atoms with Crippen molar-refractivity contribution < 1.29 is 5.11 Å². The lowest BCUT2D eigenvalue weighted by atomic mass is 9.72. The summed E-state index contributed by atoms with van der Waals surface area (Å²) in [6.45, 7) is 5.11. The molecule has 1 aromatic rings. The Hall–Kier alpha value is -1.05. The fraction of sp³-hybridized carbons (Fsp3) is 0.600. The number of nitrogens with one attached hydrogen (secondary N) is 1. The topological polar surface area (TPSA) is 35.5 Å². The van der Waals surface area contributed by atoms with Gasteiger partial charge in [0.2, 0.25) is 0 Å². The molecule has 1 saturated carbocycles. The summed E-state index contributed by atoms with van der Waals surface area (Å²) in [4.78, 5) is 2.48. The fourth-order valence-electron chi connectivity index (χ4n) is 4.10. The largest absolute Gasteiger partial charge is 0.389 e. The summed E-state index contributed by atoms with van der Waals surface area (Å²) in [5.74, 6) is 2.88. The molecule has 0 aromatic heterocycles. The van der Waals surface area contributed by atoms with Gasteiger partial charge in [-0.2, -0.15) is 0 Å². The first-order valence-corrected chi connectivity index (χ1v) is 8.93. The van der Waals surface area contributed by atoms with Crippen LogP contribution in [0.5, 0.6) is 0 Å². The zero-order valence-corrected chi connectivity index (χ0v) is 15.2. The summed E-state index contributed by atoms with van der Waals surface area (Å²) in [5.41, 5.74) is 1.52. The first kappa shape index (κ1) is 19.3. The average molecular weight is 349 g/mol. The van der Waals surface area contributed by atoms with Crippen molar-refractivity contribution in [3.8, 4) is 12.3 Å². The molecule has 3 rings (SSSR count). The molecule has 1 aliphatic carbocycles. The Balaban J connectivity index is 0.00000208. The fourth-order valence-corrected chi connectivity index (χ4v) is 4.10. The highest BCUT2D eigenvalue weighted by Gasteiger charge is 2.39. The van der Waals surface area contributed by atoms with Gasteiger partial charge in [-0.15, -0.1) is 18.8 Å². The van der Waals surface area contributed by atoms with Gasteiger partial charge < -0.3 is 15.3 Å². The molecule has 1 heterocycles. The molecule has 2 N–H and O–H groups in total. The minimum Gasteiger partial charge on any atom is -0.389 e. The Bertz CT molecular complexity index is 557. The van der Waals surface area contributed by atoms with Crippen LogP contribution >= 0.6 is 12.4 Å². The van der Waals surface area contributed by atoms with E-state index in [0.29, 0.717) is 0 Å². The van der Waals surface area contributed by atoms with Crippen LogP contribution in [0.3, 0.4) is 0 Å². The lowest BCUT2D eigenvalue weighted by Gasteiger charge is -2.42. The molecule has 0 amide bonds. The predicted octanol–water partition coefficient (Wildman–Crippen LogP) is 2.77. The molecule has 1 atom stereocenters. The Morgan fingerprint density at radius 2 is 1.92 bits per heavy atom. The van der Waals surface area contributed by atoms with Gasteiger partial charge in [0.05, 0.1) is 5.60 Å². The lowest BCUT2D eigenvalue weighted by Crippen LogP contribution is -2.49. The number of hydrogen-bond acceptors (Lipinski definition) is 3. The van der Waals surface area contributed by atoms with E-state index in [1.807, 2.05) is 12.1 Å². The Labute approximate surface area is 152 Å². The molecule has 0 radical (unpaired) electrons.